The van der Waals surface area contributed by atoms with Gasteiger partial charge in [-0.3, -0.25) is 10.1 Å². The summed E-state index contributed by atoms with van der Waals surface area (Å²) in [6, 6.07) is 0. The highest BCUT2D eigenvalue weighted by atomic mass is 35.5. The lowest BCUT2D eigenvalue weighted by atomic mass is 10.3. The molecule has 4 nitrogen and oxygen atoms in total. The molecule has 1 N–H and O–H groups in total. The van der Waals surface area contributed by atoms with Crippen molar-refractivity contribution in [3.63, 3.8) is 0 Å². The molecule has 0 saturated carbocycles. The number of likely N-dealkylation sites (N-methyl/N-ethyl adjacent to an activating group) is 1. The summed E-state index contributed by atoms with van der Waals surface area (Å²) in [6.45, 7) is 0.480. The smallest absolute Gasteiger partial charge is 0.254 e. The van der Waals surface area contributed by atoms with E-state index in [0.717, 1.165) is 0 Å². The quantitative estimate of drug-likeness (QED) is 0.438. The number of hydrogen-bond acceptors (Lipinski definition) is 3. The zero-order chi connectivity index (χ0) is 8.43. The number of methoxy groups -OCH3 is 1. The molecule has 0 bridgehead atoms. The average molecular weight is 179 g/mol. The molecular weight excluding hydrogens is 168 g/mol. The molecule has 1 aliphatic rings. The van der Waals surface area contributed by atoms with Crippen LogP contribution in [0.15, 0.2) is 0 Å². The predicted octanol–water partition coefficient (Wildman–Crippen LogP) is -0.415. The normalized spacial score (nSPS) is 32.6. The van der Waals surface area contributed by atoms with Crippen LogP contribution < -0.4 is 5.32 Å². The van der Waals surface area contributed by atoms with Crippen LogP contribution in [0.4, 0.5) is 0 Å². The number of amides is 1. The standard InChI is InChI=1S/C6H11ClN2O2/c1-9-5(10)4(11-2)3-8-6(9)7/h4,6,8H,3H2,1-2H3. The highest BCUT2D eigenvalue weighted by Gasteiger charge is 2.30. The fourth-order valence-electron chi connectivity index (χ4n) is 0.952. The molecule has 0 spiro atoms. The number of carbonyl (C=O) groups excluding carboxylic acids is 1. The Hall–Kier alpha value is -0.320. The second-order valence-electron chi connectivity index (χ2n) is 2.42. The van der Waals surface area contributed by atoms with E-state index in [4.69, 9.17) is 16.3 Å². The average Bonchev–Trinajstić information content (AvgIpc) is 2.01. The SMILES string of the molecule is COC1CNC(Cl)N(C)C1=O. The first-order valence-corrected chi connectivity index (χ1v) is 3.77. The van der Waals surface area contributed by atoms with E-state index in [9.17, 15) is 4.79 Å². The number of ether oxygens (including phenoxy) is 1. The molecule has 1 saturated heterocycles. The van der Waals surface area contributed by atoms with Gasteiger partial charge in [-0.15, -0.1) is 0 Å². The van der Waals surface area contributed by atoms with E-state index in [0.29, 0.717) is 6.54 Å². The Kier molecular flexibility index (Phi) is 2.70. The number of carbonyl (C=O) groups is 1. The lowest BCUT2D eigenvalue weighted by Crippen LogP contribution is -2.57. The van der Waals surface area contributed by atoms with Gasteiger partial charge in [-0.2, -0.15) is 0 Å². The van der Waals surface area contributed by atoms with E-state index in [1.807, 2.05) is 0 Å². The topological polar surface area (TPSA) is 41.6 Å². The van der Waals surface area contributed by atoms with Crippen molar-refractivity contribution in [1.82, 2.24) is 10.2 Å². The predicted molar refractivity (Wildman–Crippen MR) is 41.2 cm³/mol. The van der Waals surface area contributed by atoms with E-state index in [-0.39, 0.29) is 5.91 Å². The molecule has 11 heavy (non-hydrogen) atoms. The summed E-state index contributed by atoms with van der Waals surface area (Å²) in [4.78, 5) is 12.7. The summed E-state index contributed by atoms with van der Waals surface area (Å²) in [6.07, 6.45) is -0.394. The zero-order valence-electron chi connectivity index (χ0n) is 6.50. The molecule has 0 aromatic heterocycles. The monoisotopic (exact) mass is 178 g/mol. The molecule has 2 unspecified atom stereocenters. The van der Waals surface area contributed by atoms with Crippen LogP contribution in [0.5, 0.6) is 0 Å². The Morgan fingerprint density at radius 3 is 3.00 bits per heavy atom. The Bertz CT molecular complexity index is 161. The van der Waals surface area contributed by atoms with Gasteiger partial charge in [0.25, 0.3) is 5.91 Å². The summed E-state index contributed by atoms with van der Waals surface area (Å²) in [5.41, 5.74) is -0.408. The van der Waals surface area contributed by atoms with Gasteiger partial charge < -0.3 is 9.64 Å². The fraction of sp³-hybridized carbons (Fsp3) is 0.833. The van der Waals surface area contributed by atoms with Crippen LogP contribution in [-0.2, 0) is 9.53 Å². The number of rotatable bonds is 1. The number of halogens is 1. The van der Waals surface area contributed by atoms with Crippen LogP contribution in [0, 0.1) is 0 Å². The summed E-state index contributed by atoms with van der Waals surface area (Å²) < 4.78 is 4.91. The van der Waals surface area contributed by atoms with Gasteiger partial charge in [0.15, 0.2) is 5.62 Å². The van der Waals surface area contributed by atoms with Crippen molar-refractivity contribution in [3.05, 3.63) is 0 Å². The number of hydrogen-bond donors (Lipinski definition) is 1. The van der Waals surface area contributed by atoms with Crippen LogP contribution in [0.25, 0.3) is 0 Å². The highest BCUT2D eigenvalue weighted by Crippen LogP contribution is 2.08. The highest BCUT2D eigenvalue weighted by molar-refractivity contribution is 6.21. The van der Waals surface area contributed by atoms with E-state index >= 15 is 0 Å². The van der Waals surface area contributed by atoms with Crippen LogP contribution in [0.3, 0.4) is 0 Å². The van der Waals surface area contributed by atoms with E-state index in [2.05, 4.69) is 5.32 Å². The Morgan fingerprint density at radius 1 is 1.82 bits per heavy atom. The van der Waals surface area contributed by atoms with Gasteiger partial charge in [0.05, 0.1) is 0 Å². The molecule has 0 aromatic carbocycles. The Balaban J connectivity index is 2.59. The van der Waals surface area contributed by atoms with Gasteiger partial charge in [0, 0.05) is 20.7 Å². The Labute approximate surface area is 70.4 Å². The molecule has 1 heterocycles. The van der Waals surface area contributed by atoms with Gasteiger partial charge in [-0.1, -0.05) is 11.6 Å². The van der Waals surface area contributed by atoms with Gasteiger partial charge in [0.1, 0.15) is 6.10 Å². The van der Waals surface area contributed by atoms with Crippen molar-refractivity contribution in [1.29, 1.82) is 0 Å². The molecule has 0 radical (unpaired) electrons. The zero-order valence-corrected chi connectivity index (χ0v) is 7.26. The molecule has 1 fully saturated rings. The van der Waals surface area contributed by atoms with Crippen LogP contribution in [-0.4, -0.2) is 43.2 Å². The van der Waals surface area contributed by atoms with Crippen LogP contribution in [0.1, 0.15) is 0 Å². The third-order valence-electron chi connectivity index (χ3n) is 1.72. The van der Waals surface area contributed by atoms with Crippen LogP contribution in [0.2, 0.25) is 0 Å². The third-order valence-corrected chi connectivity index (χ3v) is 2.17. The van der Waals surface area contributed by atoms with Gasteiger partial charge in [0.2, 0.25) is 0 Å². The minimum absolute atomic E-state index is 0.0775. The first-order chi connectivity index (χ1) is 5.16. The molecule has 0 aromatic rings. The number of nitrogens with one attached hydrogen (secondary N) is 1. The summed E-state index contributed by atoms with van der Waals surface area (Å²) >= 11 is 5.72. The molecule has 5 heteroatoms. The summed E-state index contributed by atoms with van der Waals surface area (Å²) in [5.74, 6) is -0.0775. The molecule has 1 aliphatic heterocycles. The van der Waals surface area contributed by atoms with Crippen LogP contribution >= 0.6 is 11.6 Å². The second kappa shape index (κ2) is 3.38. The van der Waals surface area contributed by atoms with Crippen molar-refractivity contribution >= 4 is 17.5 Å². The number of alkyl halides is 1. The first kappa shape index (κ1) is 8.77. The minimum atomic E-state index is -0.408. The molecular formula is C6H11ClN2O2. The van der Waals surface area contributed by atoms with Crippen molar-refractivity contribution in [2.24, 2.45) is 0 Å². The summed E-state index contributed by atoms with van der Waals surface area (Å²) in [7, 11) is 3.14. The van der Waals surface area contributed by atoms with Crippen molar-refractivity contribution in [3.8, 4) is 0 Å². The van der Waals surface area contributed by atoms with Crippen molar-refractivity contribution in [2.45, 2.75) is 11.7 Å². The first-order valence-electron chi connectivity index (χ1n) is 3.33. The number of nitrogens with zero attached hydrogens (tertiary/aromatic N) is 1. The molecule has 1 rings (SSSR count). The van der Waals surface area contributed by atoms with Crippen molar-refractivity contribution < 1.29 is 9.53 Å². The van der Waals surface area contributed by atoms with Gasteiger partial charge in [-0.05, 0) is 0 Å². The largest absolute Gasteiger partial charge is 0.370 e. The lowest BCUT2D eigenvalue weighted by molar-refractivity contribution is -0.145. The molecule has 64 valence electrons. The Morgan fingerprint density at radius 2 is 2.45 bits per heavy atom. The van der Waals surface area contributed by atoms with E-state index < -0.39 is 11.7 Å². The lowest BCUT2D eigenvalue weighted by Gasteiger charge is -2.33. The molecule has 0 aliphatic carbocycles. The van der Waals surface area contributed by atoms with Crippen molar-refractivity contribution in [2.75, 3.05) is 20.7 Å². The maximum atomic E-state index is 11.2. The van der Waals surface area contributed by atoms with Gasteiger partial charge in [-0.25, -0.2) is 0 Å². The summed E-state index contributed by atoms with van der Waals surface area (Å²) in [5, 5.41) is 2.91. The van der Waals surface area contributed by atoms with E-state index in [1.54, 1.807) is 7.05 Å². The maximum Gasteiger partial charge on any atom is 0.254 e. The van der Waals surface area contributed by atoms with Gasteiger partial charge >= 0.3 is 0 Å². The fourth-order valence-corrected chi connectivity index (χ4v) is 1.14. The third kappa shape index (κ3) is 1.64. The maximum absolute atomic E-state index is 11.2. The van der Waals surface area contributed by atoms with E-state index in [1.165, 1.54) is 12.0 Å². The second-order valence-corrected chi connectivity index (χ2v) is 2.83. The molecule has 2 atom stereocenters. The minimum Gasteiger partial charge on any atom is -0.370 e. The molecule has 1 amide bonds.